The summed E-state index contributed by atoms with van der Waals surface area (Å²) in [7, 11) is 3.03. The molecule has 0 radical (unpaired) electrons. The van der Waals surface area contributed by atoms with E-state index in [1.54, 1.807) is 30.0 Å². The summed E-state index contributed by atoms with van der Waals surface area (Å²) in [5.41, 5.74) is 0.715. The van der Waals surface area contributed by atoms with E-state index >= 15 is 0 Å². The van der Waals surface area contributed by atoms with Crippen LogP contribution in [-0.2, 0) is 4.79 Å². The van der Waals surface area contributed by atoms with Crippen LogP contribution < -0.4 is 24.4 Å². The van der Waals surface area contributed by atoms with Gasteiger partial charge in [-0.25, -0.2) is 4.99 Å². The van der Waals surface area contributed by atoms with Crippen LogP contribution in [0.15, 0.2) is 55.9 Å². The Kier molecular flexibility index (Phi) is 8.45. The van der Waals surface area contributed by atoms with Crippen molar-refractivity contribution in [2.45, 2.75) is 26.8 Å². The Morgan fingerprint density at radius 1 is 1.25 bits per heavy atom. The zero-order valence-electron chi connectivity index (χ0n) is 22.4. The third kappa shape index (κ3) is 5.13. The molecule has 0 saturated heterocycles. The van der Waals surface area contributed by atoms with Crippen molar-refractivity contribution in [1.82, 2.24) is 9.47 Å². The van der Waals surface area contributed by atoms with Gasteiger partial charge in [0.05, 0.1) is 39.4 Å². The maximum Gasteiger partial charge on any atom is 0.312 e. The summed E-state index contributed by atoms with van der Waals surface area (Å²) in [6, 6.07) is 6.95. The number of nitrogens with zero attached hydrogens (tertiary/aromatic N) is 4. The highest BCUT2D eigenvalue weighted by molar-refractivity contribution is 9.10. The average Bonchev–Trinajstić information content (AvgIpc) is 3.23. The number of phenols is 1. The van der Waals surface area contributed by atoms with Crippen molar-refractivity contribution in [3.63, 3.8) is 0 Å². The van der Waals surface area contributed by atoms with Crippen LogP contribution in [0.5, 0.6) is 17.2 Å². The van der Waals surface area contributed by atoms with Gasteiger partial charge in [0.15, 0.2) is 4.80 Å². The topological polar surface area (TPSA) is 137 Å². The van der Waals surface area contributed by atoms with Crippen molar-refractivity contribution < 1.29 is 24.3 Å². The van der Waals surface area contributed by atoms with E-state index in [1.165, 1.54) is 37.0 Å². The number of aromatic nitrogens is 1. The van der Waals surface area contributed by atoms with E-state index in [1.807, 2.05) is 13.8 Å². The fraction of sp³-hybridized carbons (Fsp3) is 0.296. The molecule has 1 amide bonds. The number of halogens is 1. The van der Waals surface area contributed by atoms with Crippen molar-refractivity contribution in [1.29, 1.82) is 0 Å². The van der Waals surface area contributed by atoms with Crippen molar-refractivity contribution in [2.75, 3.05) is 27.3 Å². The van der Waals surface area contributed by atoms with Gasteiger partial charge in [0.1, 0.15) is 17.5 Å². The predicted octanol–water partition coefficient (Wildman–Crippen LogP) is 3.50. The number of thiazole rings is 1. The molecule has 0 fully saturated rings. The summed E-state index contributed by atoms with van der Waals surface area (Å²) < 4.78 is 12.9. The number of hydrogen-bond donors (Lipinski definition) is 1. The first-order valence-electron chi connectivity index (χ1n) is 12.3. The Morgan fingerprint density at radius 3 is 2.55 bits per heavy atom. The zero-order valence-corrected chi connectivity index (χ0v) is 24.8. The highest BCUT2D eigenvalue weighted by Gasteiger charge is 2.36. The Bertz CT molecular complexity index is 1720. The molecular weight excluding hydrogens is 604 g/mol. The van der Waals surface area contributed by atoms with E-state index in [9.17, 15) is 24.8 Å². The summed E-state index contributed by atoms with van der Waals surface area (Å²) in [5.74, 6) is 0.207. The molecule has 1 N–H and O–H groups in total. The lowest BCUT2D eigenvalue weighted by Gasteiger charge is -2.30. The fourth-order valence-corrected chi connectivity index (χ4v) is 6.12. The largest absolute Gasteiger partial charge is 0.501 e. The summed E-state index contributed by atoms with van der Waals surface area (Å²) in [4.78, 5) is 45.2. The van der Waals surface area contributed by atoms with Crippen LogP contribution in [0.4, 0.5) is 5.69 Å². The molecule has 11 nitrogen and oxygen atoms in total. The maximum absolute atomic E-state index is 14.0. The van der Waals surface area contributed by atoms with Gasteiger partial charge < -0.3 is 19.5 Å². The quantitative estimate of drug-likeness (QED) is 0.297. The minimum Gasteiger partial charge on any atom is -0.501 e. The molecule has 40 heavy (non-hydrogen) atoms. The number of hydrogen-bond acceptors (Lipinski definition) is 9. The minimum atomic E-state index is -0.877. The van der Waals surface area contributed by atoms with Crippen molar-refractivity contribution in [2.24, 2.45) is 4.99 Å². The Labute approximate surface area is 241 Å². The van der Waals surface area contributed by atoms with Gasteiger partial charge in [0.2, 0.25) is 5.75 Å². The first kappa shape index (κ1) is 29.0. The molecule has 1 atom stereocenters. The molecule has 0 unspecified atom stereocenters. The molecule has 0 aliphatic carbocycles. The van der Waals surface area contributed by atoms with Crippen LogP contribution in [0, 0.1) is 10.1 Å². The lowest BCUT2D eigenvalue weighted by molar-refractivity contribution is -0.386. The van der Waals surface area contributed by atoms with Gasteiger partial charge in [-0.1, -0.05) is 11.3 Å². The van der Waals surface area contributed by atoms with Crippen LogP contribution in [-0.4, -0.2) is 52.7 Å². The number of fused-ring (bicyclic) bond motifs is 1. The summed E-state index contributed by atoms with van der Waals surface area (Å²) >= 11 is 4.22. The third-order valence-corrected chi connectivity index (χ3v) is 8.18. The lowest BCUT2D eigenvalue weighted by Crippen LogP contribution is -2.43. The van der Waals surface area contributed by atoms with Gasteiger partial charge in [0.25, 0.3) is 11.5 Å². The fourth-order valence-electron chi connectivity index (χ4n) is 4.60. The van der Waals surface area contributed by atoms with Crippen LogP contribution in [0.2, 0.25) is 0 Å². The van der Waals surface area contributed by atoms with Crippen molar-refractivity contribution in [3.05, 3.63) is 87.0 Å². The minimum absolute atomic E-state index is 0.114. The second-order valence-electron chi connectivity index (χ2n) is 8.79. The molecule has 210 valence electrons. The zero-order chi connectivity index (χ0) is 29.3. The van der Waals surface area contributed by atoms with Crippen LogP contribution >= 0.6 is 27.3 Å². The molecule has 0 spiro atoms. The predicted molar refractivity (Wildman–Crippen MR) is 154 cm³/mol. The number of carbonyl (C=O) groups is 1. The van der Waals surface area contributed by atoms with Crippen LogP contribution in [0.1, 0.15) is 37.9 Å². The normalized spacial score (nSPS) is 14.9. The van der Waals surface area contributed by atoms with E-state index in [4.69, 9.17) is 9.47 Å². The first-order chi connectivity index (χ1) is 19.1. The summed E-state index contributed by atoms with van der Waals surface area (Å²) in [6.07, 6.45) is 1.49. The second-order valence-corrected chi connectivity index (χ2v) is 10.7. The molecule has 3 aromatic rings. The molecular formula is C27H27BrN4O7S. The molecule has 2 aromatic carbocycles. The number of aromatic hydroxyl groups is 1. The molecule has 1 aliphatic heterocycles. The van der Waals surface area contributed by atoms with Gasteiger partial charge in [0, 0.05) is 24.7 Å². The van der Waals surface area contributed by atoms with Gasteiger partial charge in [-0.2, -0.15) is 0 Å². The highest BCUT2D eigenvalue weighted by atomic mass is 79.9. The first-order valence-corrected chi connectivity index (χ1v) is 13.9. The average molecular weight is 632 g/mol. The van der Waals surface area contributed by atoms with Gasteiger partial charge in [-0.3, -0.25) is 24.3 Å². The van der Waals surface area contributed by atoms with E-state index in [0.717, 1.165) is 11.3 Å². The monoisotopic (exact) mass is 630 g/mol. The molecule has 4 rings (SSSR count). The van der Waals surface area contributed by atoms with Gasteiger partial charge in [-0.15, -0.1) is 0 Å². The number of ether oxygens (including phenoxy) is 2. The smallest absolute Gasteiger partial charge is 0.312 e. The Balaban J connectivity index is 2.04. The van der Waals surface area contributed by atoms with Gasteiger partial charge in [-0.05, 0) is 72.6 Å². The molecule has 2 heterocycles. The molecule has 0 bridgehead atoms. The summed E-state index contributed by atoms with van der Waals surface area (Å²) in [6.45, 7) is 6.42. The van der Waals surface area contributed by atoms with E-state index in [2.05, 4.69) is 20.9 Å². The summed E-state index contributed by atoms with van der Waals surface area (Å²) in [5, 5.41) is 21.5. The molecule has 1 aliphatic rings. The number of methoxy groups -OCH3 is 2. The number of likely N-dealkylation sites (N-methyl/N-ethyl adjacent to an activating group) is 1. The van der Waals surface area contributed by atoms with E-state index < -0.39 is 28.0 Å². The van der Waals surface area contributed by atoms with Crippen molar-refractivity contribution >= 4 is 44.9 Å². The number of carbonyl (C=O) groups excluding carboxylic acids is 1. The number of nitro benzene ring substituents is 1. The SMILES string of the molecule is CCN(CC)C(=O)C1=C(C)N=c2s/c(=C/c3cc(Br)c(O)c([N+](=O)[O-])c3)c(=O)n2[C@@H]1c1cc(OC)ccc1OC. The Morgan fingerprint density at radius 2 is 1.95 bits per heavy atom. The number of rotatable bonds is 8. The van der Waals surface area contributed by atoms with E-state index in [0.29, 0.717) is 51.8 Å². The lowest BCUT2D eigenvalue weighted by atomic mass is 9.93. The number of amides is 1. The van der Waals surface area contributed by atoms with E-state index in [-0.39, 0.29) is 14.9 Å². The maximum atomic E-state index is 14.0. The second kappa shape index (κ2) is 11.6. The van der Waals surface area contributed by atoms with Crippen molar-refractivity contribution in [3.8, 4) is 17.2 Å². The van der Waals surface area contributed by atoms with Crippen LogP contribution in [0.3, 0.4) is 0 Å². The number of phenolic OH excluding ortho intramolecular Hbond substituents is 1. The molecule has 1 aromatic heterocycles. The highest BCUT2D eigenvalue weighted by Crippen LogP contribution is 2.38. The number of benzene rings is 2. The molecule has 13 heteroatoms. The van der Waals surface area contributed by atoms with Gasteiger partial charge >= 0.3 is 5.69 Å². The number of allylic oxidation sites excluding steroid dienone is 1. The Hall–Kier alpha value is -3.97. The third-order valence-electron chi connectivity index (χ3n) is 6.59. The molecule has 0 saturated carbocycles. The number of nitro groups is 1. The standard InChI is InChI=1S/C27H27BrN4O7S/c1-6-30(7-2)26(35)22-14(3)29-27-31(23(22)17-13-16(38-4)8-9-20(17)39-5)25(34)21(40-27)12-15-10-18(28)24(33)19(11-15)32(36)37/h8-13,23,33H,6-7H2,1-5H3/b21-12+/t23-/m1/s1. The van der Waals surface area contributed by atoms with Crippen LogP contribution in [0.25, 0.3) is 6.08 Å².